The molecule has 24 heavy (non-hydrogen) atoms. The first kappa shape index (κ1) is 16.9. The molecule has 0 unspecified atom stereocenters. The molecule has 2 N–H and O–H groups in total. The van der Waals surface area contributed by atoms with Gasteiger partial charge in [-0.2, -0.15) is 0 Å². The van der Waals surface area contributed by atoms with Gasteiger partial charge in [-0.3, -0.25) is 9.59 Å². The van der Waals surface area contributed by atoms with Crippen molar-refractivity contribution in [2.45, 2.75) is 18.1 Å². The lowest BCUT2D eigenvalue weighted by atomic mass is 10.1. The van der Waals surface area contributed by atoms with Gasteiger partial charge >= 0.3 is 0 Å². The second kappa shape index (κ2) is 7.73. The standard InChI is InChI=1S/C18H17ClN2O2S/c19-13-5-3-6-14(10-13)20-17(22)11-24-16-9-8-12-4-1-2-7-15(12)21-18(16)23/h1-7,10,16H,8-9,11H2,(H,20,22)(H,21,23)/t16-/m0/s1. The third-order valence-electron chi connectivity index (χ3n) is 3.77. The summed E-state index contributed by atoms with van der Waals surface area (Å²) in [6.07, 6.45) is 1.54. The predicted molar refractivity (Wildman–Crippen MR) is 99.7 cm³/mol. The van der Waals surface area contributed by atoms with Crippen LogP contribution in [0.4, 0.5) is 11.4 Å². The molecule has 124 valence electrons. The van der Waals surface area contributed by atoms with Gasteiger partial charge < -0.3 is 10.6 Å². The first-order valence-corrected chi connectivity index (χ1v) is 9.10. The van der Waals surface area contributed by atoms with Gasteiger partial charge in [-0.25, -0.2) is 0 Å². The fourth-order valence-corrected chi connectivity index (χ4v) is 3.70. The Labute approximate surface area is 150 Å². The molecule has 3 rings (SSSR count). The number of fused-ring (bicyclic) bond motifs is 1. The molecule has 4 nitrogen and oxygen atoms in total. The molecule has 0 radical (unpaired) electrons. The number of thioether (sulfide) groups is 1. The lowest BCUT2D eigenvalue weighted by Crippen LogP contribution is -2.26. The smallest absolute Gasteiger partial charge is 0.237 e. The molecule has 1 heterocycles. The van der Waals surface area contributed by atoms with E-state index >= 15 is 0 Å². The molecule has 1 aliphatic rings. The number of carbonyl (C=O) groups excluding carboxylic acids is 2. The number of halogens is 1. The monoisotopic (exact) mass is 360 g/mol. The molecular formula is C18H17ClN2O2S. The first-order chi connectivity index (χ1) is 11.6. The molecule has 2 aromatic rings. The third-order valence-corrected chi connectivity index (χ3v) is 5.28. The van der Waals surface area contributed by atoms with Crippen molar-refractivity contribution in [3.8, 4) is 0 Å². The molecule has 0 saturated heterocycles. The van der Waals surface area contributed by atoms with Crippen molar-refractivity contribution in [1.82, 2.24) is 0 Å². The molecule has 1 atom stereocenters. The zero-order chi connectivity index (χ0) is 16.9. The van der Waals surface area contributed by atoms with Gasteiger partial charge in [0.2, 0.25) is 11.8 Å². The second-order valence-corrected chi connectivity index (χ2v) is 7.17. The molecule has 2 aromatic carbocycles. The van der Waals surface area contributed by atoms with Crippen LogP contribution in [0.3, 0.4) is 0 Å². The van der Waals surface area contributed by atoms with Crippen molar-refractivity contribution >= 4 is 46.6 Å². The minimum Gasteiger partial charge on any atom is -0.325 e. The zero-order valence-electron chi connectivity index (χ0n) is 12.9. The van der Waals surface area contributed by atoms with Crippen molar-refractivity contribution < 1.29 is 9.59 Å². The Bertz CT molecular complexity index is 766. The molecule has 1 aliphatic heterocycles. The Hall–Kier alpha value is -1.98. The first-order valence-electron chi connectivity index (χ1n) is 7.67. The number of nitrogens with one attached hydrogen (secondary N) is 2. The molecular weight excluding hydrogens is 344 g/mol. The minimum absolute atomic E-state index is 0.0412. The molecule has 0 aliphatic carbocycles. The highest BCUT2D eigenvalue weighted by Gasteiger charge is 2.24. The van der Waals surface area contributed by atoms with Crippen LogP contribution in [0.15, 0.2) is 48.5 Å². The minimum atomic E-state index is -0.234. The van der Waals surface area contributed by atoms with Crippen LogP contribution in [0.2, 0.25) is 5.02 Å². The van der Waals surface area contributed by atoms with E-state index in [2.05, 4.69) is 10.6 Å². The summed E-state index contributed by atoms with van der Waals surface area (Å²) in [6, 6.07) is 14.8. The number of rotatable bonds is 4. The van der Waals surface area contributed by atoms with Gasteiger partial charge in [-0.05, 0) is 42.7 Å². The number of hydrogen-bond donors (Lipinski definition) is 2. The average Bonchev–Trinajstić information content (AvgIpc) is 2.71. The Balaban J connectivity index is 1.55. The van der Waals surface area contributed by atoms with Gasteiger partial charge in [0.25, 0.3) is 0 Å². The van der Waals surface area contributed by atoms with E-state index in [1.165, 1.54) is 11.8 Å². The molecule has 0 bridgehead atoms. The van der Waals surface area contributed by atoms with E-state index in [9.17, 15) is 9.59 Å². The van der Waals surface area contributed by atoms with Gasteiger partial charge in [-0.15, -0.1) is 11.8 Å². The predicted octanol–water partition coefficient (Wildman–Crippen LogP) is 3.97. The molecule has 0 spiro atoms. The van der Waals surface area contributed by atoms with Crippen LogP contribution in [-0.4, -0.2) is 22.8 Å². The molecule has 0 saturated carbocycles. The quantitative estimate of drug-likeness (QED) is 0.867. The molecule has 2 amide bonds. The fraction of sp³-hybridized carbons (Fsp3) is 0.222. The maximum Gasteiger partial charge on any atom is 0.237 e. The van der Waals surface area contributed by atoms with E-state index in [4.69, 9.17) is 11.6 Å². The van der Waals surface area contributed by atoms with Gasteiger partial charge in [0.1, 0.15) is 0 Å². The number of anilines is 2. The van der Waals surface area contributed by atoms with Crippen LogP contribution in [0.5, 0.6) is 0 Å². The van der Waals surface area contributed by atoms with E-state index < -0.39 is 0 Å². The summed E-state index contributed by atoms with van der Waals surface area (Å²) in [7, 11) is 0. The van der Waals surface area contributed by atoms with Crippen molar-refractivity contribution in [3.63, 3.8) is 0 Å². The Morgan fingerprint density at radius 1 is 1.25 bits per heavy atom. The average molecular weight is 361 g/mol. The van der Waals surface area contributed by atoms with Crippen LogP contribution >= 0.6 is 23.4 Å². The van der Waals surface area contributed by atoms with E-state index in [1.54, 1.807) is 24.3 Å². The highest BCUT2D eigenvalue weighted by molar-refractivity contribution is 8.01. The molecule has 0 fully saturated rings. The van der Waals surface area contributed by atoms with Crippen LogP contribution in [0.1, 0.15) is 12.0 Å². The largest absolute Gasteiger partial charge is 0.325 e. The van der Waals surface area contributed by atoms with Crippen LogP contribution in [0, 0.1) is 0 Å². The lowest BCUT2D eigenvalue weighted by Gasteiger charge is -2.12. The van der Waals surface area contributed by atoms with Crippen LogP contribution < -0.4 is 10.6 Å². The molecule has 6 heteroatoms. The van der Waals surface area contributed by atoms with E-state index in [1.807, 2.05) is 24.3 Å². The summed E-state index contributed by atoms with van der Waals surface area (Å²) in [4.78, 5) is 24.4. The SMILES string of the molecule is O=C(CS[C@H]1CCc2ccccc2NC1=O)Nc1cccc(Cl)c1. The zero-order valence-corrected chi connectivity index (χ0v) is 14.5. The van der Waals surface area contributed by atoms with Gasteiger partial charge in [0, 0.05) is 16.4 Å². The summed E-state index contributed by atoms with van der Waals surface area (Å²) in [6.45, 7) is 0. The maximum absolute atomic E-state index is 12.3. The summed E-state index contributed by atoms with van der Waals surface area (Å²) < 4.78 is 0. The summed E-state index contributed by atoms with van der Waals surface area (Å²) in [5.41, 5.74) is 2.66. The Kier molecular flexibility index (Phi) is 5.43. The topological polar surface area (TPSA) is 58.2 Å². The number of aryl methyl sites for hydroxylation is 1. The van der Waals surface area contributed by atoms with Crippen LogP contribution in [-0.2, 0) is 16.0 Å². The second-order valence-electron chi connectivity index (χ2n) is 5.54. The van der Waals surface area contributed by atoms with Gasteiger partial charge in [0.05, 0.1) is 11.0 Å². The van der Waals surface area contributed by atoms with E-state index in [0.717, 1.165) is 24.1 Å². The number of benzene rings is 2. The summed E-state index contributed by atoms with van der Waals surface area (Å²) in [5, 5.41) is 6.08. The summed E-state index contributed by atoms with van der Waals surface area (Å²) >= 11 is 7.26. The van der Waals surface area contributed by atoms with E-state index in [0.29, 0.717) is 10.7 Å². The van der Waals surface area contributed by atoms with Crippen molar-refractivity contribution in [3.05, 3.63) is 59.1 Å². The summed E-state index contributed by atoms with van der Waals surface area (Å²) in [5.74, 6) is 0.0401. The maximum atomic E-state index is 12.3. The lowest BCUT2D eigenvalue weighted by molar-refractivity contribution is -0.115. The van der Waals surface area contributed by atoms with Gasteiger partial charge in [0.15, 0.2) is 0 Å². The molecule has 0 aromatic heterocycles. The van der Waals surface area contributed by atoms with Gasteiger partial charge in [-0.1, -0.05) is 35.9 Å². The van der Waals surface area contributed by atoms with Crippen molar-refractivity contribution in [1.29, 1.82) is 0 Å². The van der Waals surface area contributed by atoms with Crippen molar-refractivity contribution in [2.75, 3.05) is 16.4 Å². The number of para-hydroxylation sites is 1. The normalized spacial score (nSPS) is 16.7. The van der Waals surface area contributed by atoms with Crippen LogP contribution in [0.25, 0.3) is 0 Å². The third kappa shape index (κ3) is 4.30. The highest BCUT2D eigenvalue weighted by atomic mass is 35.5. The van der Waals surface area contributed by atoms with Crippen molar-refractivity contribution in [2.24, 2.45) is 0 Å². The Morgan fingerprint density at radius 2 is 2.08 bits per heavy atom. The Morgan fingerprint density at radius 3 is 2.92 bits per heavy atom. The van der Waals surface area contributed by atoms with E-state index in [-0.39, 0.29) is 22.8 Å². The number of hydrogen-bond acceptors (Lipinski definition) is 3. The fourth-order valence-electron chi connectivity index (χ4n) is 2.59. The highest BCUT2D eigenvalue weighted by Crippen LogP contribution is 2.27. The number of carbonyl (C=O) groups is 2. The number of amides is 2.